The lowest BCUT2D eigenvalue weighted by Crippen LogP contribution is -2.11. The quantitative estimate of drug-likeness (QED) is 0.519. The first-order chi connectivity index (χ1) is 11.3. The number of aliphatic hydroxyl groups is 1. The van der Waals surface area contributed by atoms with Crippen LogP contribution in [0, 0.1) is 10.1 Å². The first-order valence-electron chi connectivity index (χ1n) is 7.51. The summed E-state index contributed by atoms with van der Waals surface area (Å²) in [6.07, 6.45) is 0. The van der Waals surface area contributed by atoms with E-state index in [-0.39, 0.29) is 24.3 Å². The average molecular weight is 335 g/mol. The molecule has 0 saturated heterocycles. The molecule has 2 aromatic rings. The van der Waals surface area contributed by atoms with Gasteiger partial charge in [-0.15, -0.1) is 10.2 Å². The molecule has 0 spiro atoms. The lowest BCUT2D eigenvalue weighted by molar-refractivity contribution is -0.384. The fourth-order valence-electron chi connectivity index (χ4n) is 1.94. The highest BCUT2D eigenvalue weighted by Gasteiger charge is 2.21. The van der Waals surface area contributed by atoms with E-state index in [1.807, 2.05) is 20.8 Å². The van der Waals surface area contributed by atoms with Gasteiger partial charge in [-0.05, 0) is 6.07 Å². The van der Waals surface area contributed by atoms with Crippen molar-refractivity contribution < 1.29 is 14.4 Å². The second-order valence-corrected chi connectivity index (χ2v) is 6.24. The summed E-state index contributed by atoms with van der Waals surface area (Å²) in [6, 6.07) is 4.40. The van der Waals surface area contributed by atoms with Crippen molar-refractivity contribution in [1.29, 1.82) is 0 Å². The Kier molecular flexibility index (Phi) is 5.35. The van der Waals surface area contributed by atoms with Crippen molar-refractivity contribution in [3.05, 3.63) is 40.1 Å². The van der Waals surface area contributed by atoms with Crippen LogP contribution < -0.4 is 10.6 Å². The summed E-state index contributed by atoms with van der Waals surface area (Å²) in [5, 5.41) is 33.9. The molecular weight excluding hydrogens is 314 g/mol. The van der Waals surface area contributed by atoms with Gasteiger partial charge in [-0.2, -0.15) is 0 Å². The predicted molar refractivity (Wildman–Crippen MR) is 89.0 cm³/mol. The smallest absolute Gasteiger partial charge is 0.271 e. The number of anilines is 2. The minimum Gasteiger partial charge on any atom is -0.423 e. The molecule has 9 heteroatoms. The number of benzene rings is 1. The van der Waals surface area contributed by atoms with Gasteiger partial charge in [-0.1, -0.05) is 20.8 Å². The van der Waals surface area contributed by atoms with Gasteiger partial charge in [-0.25, -0.2) is 0 Å². The maximum absolute atomic E-state index is 10.9. The Hall–Kier alpha value is -2.68. The van der Waals surface area contributed by atoms with Crippen LogP contribution in [0.1, 0.15) is 32.6 Å². The normalized spacial score (nSPS) is 11.3. The van der Waals surface area contributed by atoms with E-state index in [1.165, 1.54) is 12.1 Å². The largest absolute Gasteiger partial charge is 0.423 e. The van der Waals surface area contributed by atoms with Gasteiger partial charge in [-0.3, -0.25) is 10.1 Å². The molecule has 2 rings (SSSR count). The molecule has 3 N–H and O–H groups in total. The summed E-state index contributed by atoms with van der Waals surface area (Å²) in [6.45, 7) is 6.42. The molecule has 9 nitrogen and oxygen atoms in total. The first-order valence-corrected chi connectivity index (χ1v) is 7.51. The molecule has 0 radical (unpaired) electrons. The molecule has 130 valence electrons. The van der Waals surface area contributed by atoms with Crippen LogP contribution >= 0.6 is 0 Å². The Balaban J connectivity index is 2.16. The third-order valence-electron chi connectivity index (χ3n) is 3.18. The highest BCUT2D eigenvalue weighted by atomic mass is 16.6. The summed E-state index contributed by atoms with van der Waals surface area (Å²) < 4.78 is 5.59. The Bertz CT molecular complexity index is 708. The summed E-state index contributed by atoms with van der Waals surface area (Å²) in [5.74, 6) is 0.913. The molecule has 24 heavy (non-hydrogen) atoms. The molecule has 1 aromatic carbocycles. The molecule has 0 unspecified atom stereocenters. The van der Waals surface area contributed by atoms with Gasteiger partial charge >= 0.3 is 0 Å². The van der Waals surface area contributed by atoms with E-state index < -0.39 is 4.92 Å². The third-order valence-corrected chi connectivity index (χ3v) is 3.18. The molecule has 0 aliphatic carbocycles. The average Bonchev–Trinajstić information content (AvgIpc) is 3.00. The fourth-order valence-corrected chi connectivity index (χ4v) is 1.94. The van der Waals surface area contributed by atoms with Crippen LogP contribution in [0.4, 0.5) is 17.1 Å². The van der Waals surface area contributed by atoms with Crippen molar-refractivity contribution in [2.45, 2.75) is 32.7 Å². The van der Waals surface area contributed by atoms with Gasteiger partial charge in [0.15, 0.2) is 0 Å². The number of aliphatic hydroxyl groups excluding tert-OH is 1. The highest BCUT2D eigenvalue weighted by Crippen LogP contribution is 2.28. The second-order valence-electron chi connectivity index (χ2n) is 6.24. The number of hydrogen-bond donors (Lipinski definition) is 3. The molecule has 0 amide bonds. The van der Waals surface area contributed by atoms with Gasteiger partial charge in [0.05, 0.1) is 29.4 Å². The fraction of sp³-hybridized carbons (Fsp3) is 0.467. The number of nitrogens with zero attached hydrogens (tertiary/aromatic N) is 3. The molecule has 1 heterocycles. The number of hydrogen-bond acceptors (Lipinski definition) is 8. The van der Waals surface area contributed by atoms with Gasteiger partial charge in [0, 0.05) is 24.1 Å². The molecule has 0 bridgehead atoms. The van der Waals surface area contributed by atoms with E-state index in [9.17, 15) is 10.1 Å². The van der Waals surface area contributed by atoms with Gasteiger partial charge in [0.1, 0.15) is 0 Å². The number of nitro groups is 1. The SMILES string of the molecule is CC(C)(C)c1nnc(CNc2cc([N+](=O)[O-])ccc2NCCO)o1. The lowest BCUT2D eigenvalue weighted by atomic mass is 9.97. The summed E-state index contributed by atoms with van der Waals surface area (Å²) in [5.41, 5.74) is 0.885. The van der Waals surface area contributed by atoms with Crippen molar-refractivity contribution in [1.82, 2.24) is 10.2 Å². The Morgan fingerprint density at radius 1 is 1.25 bits per heavy atom. The van der Waals surface area contributed by atoms with Gasteiger partial charge < -0.3 is 20.2 Å². The van der Waals surface area contributed by atoms with Crippen LogP contribution in [0.5, 0.6) is 0 Å². The molecular formula is C15H21N5O4. The van der Waals surface area contributed by atoms with Crippen LogP contribution in [0.3, 0.4) is 0 Å². The molecule has 0 aliphatic rings. The third kappa shape index (κ3) is 4.42. The van der Waals surface area contributed by atoms with Crippen molar-refractivity contribution in [3.8, 4) is 0 Å². The number of aromatic nitrogens is 2. The van der Waals surface area contributed by atoms with Crippen LogP contribution in [-0.4, -0.2) is 33.4 Å². The maximum atomic E-state index is 10.9. The van der Waals surface area contributed by atoms with E-state index >= 15 is 0 Å². The van der Waals surface area contributed by atoms with E-state index in [2.05, 4.69) is 20.8 Å². The zero-order chi connectivity index (χ0) is 17.7. The minimum atomic E-state index is -0.467. The number of non-ortho nitro benzene ring substituents is 1. The standard InChI is InChI=1S/C15H21N5O4/c1-15(2,3)14-19-18-13(24-14)9-17-12-8-10(20(22)23)4-5-11(12)16-6-7-21/h4-5,8,16-17,21H,6-7,9H2,1-3H3. The number of rotatable bonds is 7. The summed E-state index contributed by atoms with van der Waals surface area (Å²) in [4.78, 5) is 10.5. The maximum Gasteiger partial charge on any atom is 0.271 e. The van der Waals surface area contributed by atoms with Crippen LogP contribution in [0.2, 0.25) is 0 Å². The lowest BCUT2D eigenvalue weighted by Gasteiger charge is -2.13. The van der Waals surface area contributed by atoms with Crippen molar-refractivity contribution in [3.63, 3.8) is 0 Å². The van der Waals surface area contributed by atoms with E-state index in [0.29, 0.717) is 29.7 Å². The van der Waals surface area contributed by atoms with Gasteiger partial charge in [0.2, 0.25) is 11.8 Å². The van der Waals surface area contributed by atoms with Crippen molar-refractivity contribution >= 4 is 17.1 Å². The highest BCUT2D eigenvalue weighted by molar-refractivity contribution is 5.71. The van der Waals surface area contributed by atoms with E-state index in [4.69, 9.17) is 9.52 Å². The molecule has 1 aromatic heterocycles. The molecule has 0 fully saturated rings. The minimum absolute atomic E-state index is 0.0343. The van der Waals surface area contributed by atoms with E-state index in [1.54, 1.807) is 6.07 Å². The zero-order valence-electron chi connectivity index (χ0n) is 13.9. The predicted octanol–water partition coefficient (Wildman–Crippen LogP) is 2.29. The Morgan fingerprint density at radius 3 is 2.58 bits per heavy atom. The van der Waals surface area contributed by atoms with E-state index in [0.717, 1.165) is 0 Å². The number of nitrogens with one attached hydrogen (secondary N) is 2. The van der Waals surface area contributed by atoms with Gasteiger partial charge in [0.25, 0.3) is 5.69 Å². The van der Waals surface area contributed by atoms with Crippen molar-refractivity contribution in [2.75, 3.05) is 23.8 Å². The second kappa shape index (κ2) is 7.26. The van der Waals surface area contributed by atoms with Crippen molar-refractivity contribution in [2.24, 2.45) is 0 Å². The zero-order valence-corrected chi connectivity index (χ0v) is 13.9. The molecule has 0 aliphatic heterocycles. The van der Waals surface area contributed by atoms with Crippen LogP contribution in [0.15, 0.2) is 22.6 Å². The van der Waals surface area contributed by atoms with Crippen LogP contribution in [0.25, 0.3) is 0 Å². The molecule has 0 saturated carbocycles. The summed E-state index contributed by atoms with van der Waals surface area (Å²) >= 11 is 0. The molecule has 0 atom stereocenters. The Morgan fingerprint density at radius 2 is 2.00 bits per heavy atom. The Labute approximate surface area is 139 Å². The number of nitro benzene ring substituents is 1. The topological polar surface area (TPSA) is 126 Å². The summed E-state index contributed by atoms with van der Waals surface area (Å²) in [7, 11) is 0. The van der Waals surface area contributed by atoms with Crippen LogP contribution in [-0.2, 0) is 12.0 Å². The monoisotopic (exact) mass is 335 g/mol. The first kappa shape index (κ1) is 17.7.